The van der Waals surface area contributed by atoms with Crippen LogP contribution in [0, 0.1) is 0 Å². The maximum absolute atomic E-state index is 5.56. The summed E-state index contributed by atoms with van der Waals surface area (Å²) < 4.78 is 0. The van der Waals surface area contributed by atoms with Gasteiger partial charge in [0.15, 0.2) is 0 Å². The number of rotatable bonds is 2. The Labute approximate surface area is 70.1 Å². The molecule has 50 valence electrons. The Hall–Kier alpha value is 1.38. The molecular formula is C3H6Cl4Si. The monoisotopic (exact) mass is 210 g/mol. The second-order valence-electron chi connectivity index (χ2n) is 1.53. The van der Waals surface area contributed by atoms with E-state index in [1.807, 2.05) is 6.92 Å². The zero-order valence-electron chi connectivity index (χ0n) is 4.24. The van der Waals surface area contributed by atoms with Crippen molar-refractivity contribution < 1.29 is 0 Å². The van der Waals surface area contributed by atoms with Crippen molar-refractivity contribution in [2.24, 2.45) is 0 Å². The van der Waals surface area contributed by atoms with Crippen molar-refractivity contribution in [2.45, 2.75) is 17.3 Å². The van der Waals surface area contributed by atoms with E-state index in [0.717, 1.165) is 0 Å². The van der Waals surface area contributed by atoms with Crippen LogP contribution in [0.25, 0.3) is 0 Å². The van der Waals surface area contributed by atoms with Gasteiger partial charge in [0.1, 0.15) is 4.84 Å². The van der Waals surface area contributed by atoms with Gasteiger partial charge in [0, 0.05) is 5.54 Å². The molecule has 1 unspecified atom stereocenters. The molecule has 5 heteroatoms. The average Bonchev–Trinajstić information content (AvgIpc) is 1.64. The van der Waals surface area contributed by atoms with E-state index in [2.05, 4.69) is 0 Å². The van der Waals surface area contributed by atoms with Crippen molar-refractivity contribution in [1.82, 2.24) is 0 Å². The van der Waals surface area contributed by atoms with E-state index in [0.29, 0.717) is 0 Å². The Kier molecular flexibility index (Phi) is 4.96. The van der Waals surface area contributed by atoms with Crippen LogP contribution in [-0.4, -0.2) is 12.3 Å². The van der Waals surface area contributed by atoms with Gasteiger partial charge < -0.3 is 0 Å². The van der Waals surface area contributed by atoms with Crippen molar-refractivity contribution in [1.29, 1.82) is 0 Å². The quantitative estimate of drug-likeness (QED) is 0.375. The summed E-state index contributed by atoms with van der Waals surface area (Å²) in [6, 6.07) is 0. The third-order valence-electron chi connectivity index (χ3n) is 0.795. The van der Waals surface area contributed by atoms with Crippen LogP contribution in [-0.2, 0) is 0 Å². The van der Waals surface area contributed by atoms with E-state index in [4.69, 9.17) is 45.4 Å². The SMILES string of the molecule is CC(C(Cl)Cl)[SiH](Cl)Cl. The summed E-state index contributed by atoms with van der Waals surface area (Å²) >= 11 is 22.0. The highest BCUT2D eigenvalue weighted by atomic mass is 35.7. The second-order valence-corrected chi connectivity index (χ2v) is 7.90. The highest BCUT2D eigenvalue weighted by molar-refractivity contribution is 7.34. The van der Waals surface area contributed by atoms with E-state index in [-0.39, 0.29) is 5.54 Å². The Morgan fingerprint density at radius 2 is 1.62 bits per heavy atom. The van der Waals surface area contributed by atoms with Crippen LogP contribution in [0.4, 0.5) is 0 Å². The summed E-state index contributed by atoms with van der Waals surface area (Å²) in [5.74, 6) is 0. The number of halogens is 4. The van der Waals surface area contributed by atoms with Crippen molar-refractivity contribution in [3.63, 3.8) is 0 Å². The van der Waals surface area contributed by atoms with Gasteiger partial charge in [-0.2, -0.15) is 0 Å². The van der Waals surface area contributed by atoms with Crippen molar-refractivity contribution in [3.05, 3.63) is 0 Å². The van der Waals surface area contributed by atoms with Crippen LogP contribution >= 0.6 is 45.4 Å². The third-order valence-corrected chi connectivity index (χ3v) is 5.64. The Morgan fingerprint density at radius 1 is 1.25 bits per heavy atom. The summed E-state index contributed by atoms with van der Waals surface area (Å²) in [6.07, 6.45) is 0. The lowest BCUT2D eigenvalue weighted by Crippen LogP contribution is -2.09. The van der Waals surface area contributed by atoms with Crippen LogP contribution in [0.15, 0.2) is 0 Å². The van der Waals surface area contributed by atoms with Gasteiger partial charge in [0.2, 0.25) is 7.42 Å². The van der Waals surface area contributed by atoms with Gasteiger partial charge in [-0.1, -0.05) is 6.92 Å². The van der Waals surface area contributed by atoms with Gasteiger partial charge in [0.25, 0.3) is 0 Å². The van der Waals surface area contributed by atoms with Gasteiger partial charge in [-0.15, -0.1) is 45.4 Å². The summed E-state index contributed by atoms with van der Waals surface area (Å²) in [4.78, 5) is -0.415. The molecule has 0 fully saturated rings. The Bertz CT molecular complexity index is 56.3. The maximum atomic E-state index is 5.56. The van der Waals surface area contributed by atoms with Gasteiger partial charge in [-0.3, -0.25) is 0 Å². The molecule has 0 aliphatic carbocycles. The first kappa shape index (κ1) is 9.38. The molecule has 0 amide bonds. The average molecular weight is 212 g/mol. The zero-order valence-corrected chi connectivity index (χ0v) is 8.42. The molecule has 0 spiro atoms. The lowest BCUT2D eigenvalue weighted by atomic mass is 10.5. The smallest absolute Gasteiger partial charge is 0.150 e. The van der Waals surface area contributed by atoms with Crippen molar-refractivity contribution in [2.75, 3.05) is 0 Å². The first-order valence-electron chi connectivity index (χ1n) is 2.12. The molecule has 0 saturated heterocycles. The highest BCUT2D eigenvalue weighted by Gasteiger charge is 2.19. The van der Waals surface area contributed by atoms with E-state index >= 15 is 0 Å². The number of hydrogen-bond acceptors (Lipinski definition) is 0. The molecule has 0 heterocycles. The summed E-state index contributed by atoms with van der Waals surface area (Å²) in [5, 5.41) is 0. The van der Waals surface area contributed by atoms with E-state index < -0.39 is 12.3 Å². The molecule has 0 aromatic heterocycles. The first-order valence-corrected chi connectivity index (χ1v) is 7.15. The van der Waals surface area contributed by atoms with Gasteiger partial charge >= 0.3 is 0 Å². The summed E-state index contributed by atoms with van der Waals surface area (Å²) in [5.41, 5.74) is 0.0710. The van der Waals surface area contributed by atoms with Crippen LogP contribution in [0.1, 0.15) is 6.92 Å². The molecule has 0 aromatic rings. The standard InChI is InChI=1S/C3H6Cl4Si/c1-2(3(4)5)8(6)7/h2-3,8H,1H3. The maximum Gasteiger partial charge on any atom is 0.242 e. The predicted molar refractivity (Wildman–Crippen MR) is 43.8 cm³/mol. The third kappa shape index (κ3) is 3.41. The fourth-order valence-electron chi connectivity index (χ4n) is 0.110. The van der Waals surface area contributed by atoms with E-state index in [9.17, 15) is 0 Å². The Balaban J connectivity index is 3.46. The number of hydrogen-bond donors (Lipinski definition) is 0. The fraction of sp³-hybridized carbons (Fsp3) is 1.00. The van der Waals surface area contributed by atoms with Crippen LogP contribution < -0.4 is 0 Å². The van der Waals surface area contributed by atoms with Crippen LogP contribution in [0.3, 0.4) is 0 Å². The molecule has 0 aromatic carbocycles. The van der Waals surface area contributed by atoms with Gasteiger partial charge in [-0.25, -0.2) is 0 Å². The second kappa shape index (κ2) is 4.23. The largest absolute Gasteiger partial charge is 0.242 e. The molecule has 0 nitrogen and oxygen atoms in total. The van der Waals surface area contributed by atoms with Crippen molar-refractivity contribution >= 4 is 52.8 Å². The summed E-state index contributed by atoms with van der Waals surface area (Å²) in [6.45, 7) is 1.85. The first-order chi connectivity index (χ1) is 3.55. The minimum Gasteiger partial charge on any atom is -0.150 e. The predicted octanol–water partition coefficient (Wildman–Crippen LogP) is 2.88. The lowest BCUT2D eigenvalue weighted by Gasteiger charge is -2.09. The van der Waals surface area contributed by atoms with E-state index in [1.54, 1.807) is 0 Å². The molecular weight excluding hydrogens is 206 g/mol. The summed E-state index contributed by atoms with van der Waals surface area (Å²) in [7, 11) is -1.64. The molecule has 0 radical (unpaired) electrons. The Morgan fingerprint density at radius 3 is 1.62 bits per heavy atom. The highest BCUT2D eigenvalue weighted by Crippen LogP contribution is 2.26. The molecule has 1 atom stereocenters. The van der Waals surface area contributed by atoms with Gasteiger partial charge in [0.05, 0.1) is 0 Å². The normalized spacial score (nSPS) is 15.4. The molecule has 0 rings (SSSR count). The van der Waals surface area contributed by atoms with Crippen LogP contribution in [0.2, 0.25) is 5.54 Å². The van der Waals surface area contributed by atoms with Crippen LogP contribution in [0.5, 0.6) is 0 Å². The molecule has 0 aliphatic rings. The molecule has 8 heavy (non-hydrogen) atoms. The topological polar surface area (TPSA) is 0 Å². The lowest BCUT2D eigenvalue weighted by molar-refractivity contribution is 1.02. The van der Waals surface area contributed by atoms with Crippen molar-refractivity contribution in [3.8, 4) is 0 Å². The minimum absolute atomic E-state index is 0.0710. The number of alkyl halides is 2. The molecule has 0 saturated carbocycles. The van der Waals surface area contributed by atoms with E-state index in [1.165, 1.54) is 0 Å². The molecule has 0 bridgehead atoms. The zero-order chi connectivity index (χ0) is 6.73. The molecule has 0 aliphatic heterocycles. The fourth-order valence-corrected chi connectivity index (χ4v) is 2.97. The minimum atomic E-state index is -1.64. The molecule has 0 N–H and O–H groups in total. The van der Waals surface area contributed by atoms with Gasteiger partial charge in [-0.05, 0) is 0 Å².